The Balaban J connectivity index is 2.15. The van der Waals surface area contributed by atoms with Gasteiger partial charge in [0, 0.05) is 12.6 Å². The number of rotatable bonds is 5. The van der Waals surface area contributed by atoms with Gasteiger partial charge in [-0.2, -0.15) is 0 Å². The van der Waals surface area contributed by atoms with Crippen molar-refractivity contribution < 1.29 is 15.0 Å². The Morgan fingerprint density at radius 2 is 1.96 bits per heavy atom. The minimum Gasteiger partial charge on any atom is -0.515 e. The molecular formula is C19H20N4O5. The van der Waals surface area contributed by atoms with E-state index in [9.17, 15) is 24.6 Å². The third kappa shape index (κ3) is 3.52. The Hall–Kier alpha value is -3.46. The second kappa shape index (κ2) is 7.65. The number of aromatic amines is 1. The molecule has 0 aliphatic rings. The number of hydrogen-bond donors (Lipinski definition) is 4. The van der Waals surface area contributed by atoms with Crippen molar-refractivity contribution >= 4 is 34.2 Å². The van der Waals surface area contributed by atoms with Crippen molar-refractivity contribution in [2.45, 2.75) is 6.42 Å². The lowest BCUT2D eigenvalue weighted by Gasteiger charge is -2.11. The Bertz CT molecular complexity index is 1230. The van der Waals surface area contributed by atoms with Crippen LogP contribution in [0.3, 0.4) is 0 Å². The largest absolute Gasteiger partial charge is 0.515 e. The summed E-state index contributed by atoms with van der Waals surface area (Å²) in [5.41, 5.74) is -0.897. The van der Waals surface area contributed by atoms with Gasteiger partial charge in [0.05, 0.1) is 22.6 Å². The predicted molar refractivity (Wildman–Crippen MR) is 106 cm³/mol. The number of H-pyrrole nitrogens is 1. The van der Waals surface area contributed by atoms with E-state index < -0.39 is 22.5 Å². The summed E-state index contributed by atoms with van der Waals surface area (Å²) >= 11 is 0. The molecule has 0 atom stereocenters. The van der Waals surface area contributed by atoms with E-state index in [2.05, 4.69) is 15.3 Å². The van der Waals surface area contributed by atoms with E-state index in [-0.39, 0.29) is 32.8 Å². The summed E-state index contributed by atoms with van der Waals surface area (Å²) in [6.07, 6.45) is 1.36. The summed E-state index contributed by atoms with van der Waals surface area (Å²) in [5, 5.41) is 21.9. The number of aliphatic hydroxyl groups is 1. The van der Waals surface area contributed by atoms with E-state index in [4.69, 9.17) is 0 Å². The van der Waals surface area contributed by atoms with Crippen LogP contribution in [0.25, 0.3) is 28.3 Å². The van der Waals surface area contributed by atoms with Crippen LogP contribution in [0.4, 0.5) is 0 Å². The lowest BCUT2D eigenvalue weighted by molar-refractivity contribution is 0.0953. The Labute approximate surface area is 158 Å². The van der Waals surface area contributed by atoms with E-state index in [0.29, 0.717) is 12.8 Å². The number of phenols is 1. The number of fused-ring (bicyclic) bond motifs is 2. The van der Waals surface area contributed by atoms with Crippen molar-refractivity contribution in [1.29, 1.82) is 0 Å². The van der Waals surface area contributed by atoms with Gasteiger partial charge in [0.1, 0.15) is 22.3 Å². The summed E-state index contributed by atoms with van der Waals surface area (Å²) in [6, 6.07) is 3.52. The lowest BCUT2D eigenvalue weighted by atomic mass is 10.1. The van der Waals surface area contributed by atoms with Gasteiger partial charge in [-0.15, -0.1) is 0 Å². The molecule has 1 aromatic heterocycles. The van der Waals surface area contributed by atoms with E-state index >= 15 is 0 Å². The highest BCUT2D eigenvalue weighted by molar-refractivity contribution is 6.06. The lowest BCUT2D eigenvalue weighted by Crippen LogP contribution is -2.28. The molecule has 4 N–H and O–H groups in total. The van der Waals surface area contributed by atoms with Crippen molar-refractivity contribution in [3.8, 4) is 5.75 Å². The maximum absolute atomic E-state index is 12.6. The van der Waals surface area contributed by atoms with E-state index in [1.165, 1.54) is 12.1 Å². The number of aromatic nitrogens is 2. The number of nitrogens with zero attached hydrogens (tertiary/aromatic N) is 2. The van der Waals surface area contributed by atoms with Crippen LogP contribution in [0.2, 0.25) is 0 Å². The van der Waals surface area contributed by atoms with Crippen LogP contribution in [0.15, 0.2) is 27.8 Å². The van der Waals surface area contributed by atoms with Gasteiger partial charge in [-0.25, -0.2) is 4.98 Å². The van der Waals surface area contributed by atoms with Crippen molar-refractivity contribution in [2.75, 3.05) is 27.2 Å². The van der Waals surface area contributed by atoms with Crippen LogP contribution in [0.5, 0.6) is 5.75 Å². The first kappa shape index (κ1) is 19.3. The zero-order chi connectivity index (χ0) is 20.4. The first-order chi connectivity index (χ1) is 13.3. The number of amides is 1. The molecule has 9 nitrogen and oxygen atoms in total. The van der Waals surface area contributed by atoms with Crippen molar-refractivity contribution in [1.82, 2.24) is 20.2 Å². The monoisotopic (exact) mass is 384 g/mol. The molecule has 1 heterocycles. The fraction of sp³-hybridized carbons (Fsp3) is 0.263. The molecule has 0 unspecified atom stereocenters. The minimum absolute atomic E-state index is 0.0298. The highest BCUT2D eigenvalue weighted by Crippen LogP contribution is 2.15. The Morgan fingerprint density at radius 3 is 2.64 bits per heavy atom. The van der Waals surface area contributed by atoms with Crippen LogP contribution in [-0.2, 0) is 0 Å². The van der Waals surface area contributed by atoms with Crippen molar-refractivity contribution in [3.05, 3.63) is 49.4 Å². The smallest absolute Gasteiger partial charge is 0.253 e. The number of carbonyl (C=O) groups excluding carboxylic acids is 1. The zero-order valence-corrected chi connectivity index (χ0v) is 15.4. The topological polar surface area (TPSA) is 136 Å². The van der Waals surface area contributed by atoms with Gasteiger partial charge in [0.2, 0.25) is 10.9 Å². The second-order valence-electron chi connectivity index (χ2n) is 6.64. The fourth-order valence-corrected chi connectivity index (χ4v) is 2.94. The number of aliphatic hydroxyl groups excluding tert-OH is 1. The quantitative estimate of drug-likeness (QED) is 0.354. The average Bonchev–Trinajstić information content (AvgIpc) is 2.65. The molecule has 0 spiro atoms. The fourth-order valence-electron chi connectivity index (χ4n) is 2.94. The molecule has 1 amide bonds. The molecule has 0 bridgehead atoms. The molecule has 0 saturated carbocycles. The predicted octanol–water partition coefficient (Wildman–Crippen LogP) is -0.161. The molecular weight excluding hydrogens is 364 g/mol. The third-order valence-corrected chi connectivity index (χ3v) is 4.34. The minimum atomic E-state index is -0.582. The standard InChI is InChI=1S/C19H20N4O5/c1-23(2)7-3-6-20-19(28)10-4-5-12(25)17-15(10)21-18-14(27)8-13(26)11(9-24)16(18)22-17/h4-5,8-9,21,24,26H,3,6-7H2,1-2H3,(H,20,28)/b11-9-. The third-order valence-electron chi connectivity index (χ3n) is 4.34. The first-order valence-electron chi connectivity index (χ1n) is 8.63. The van der Waals surface area contributed by atoms with Gasteiger partial charge in [-0.1, -0.05) is 0 Å². The maximum Gasteiger partial charge on any atom is 0.253 e. The average molecular weight is 384 g/mol. The van der Waals surface area contributed by atoms with Gasteiger partial charge < -0.3 is 25.4 Å². The molecule has 0 fully saturated rings. The normalized spacial score (nSPS) is 12.2. The van der Waals surface area contributed by atoms with Crippen LogP contribution >= 0.6 is 0 Å². The van der Waals surface area contributed by atoms with E-state index in [1.54, 1.807) is 0 Å². The first-order valence-corrected chi connectivity index (χ1v) is 8.63. The molecule has 28 heavy (non-hydrogen) atoms. The van der Waals surface area contributed by atoms with Crippen molar-refractivity contribution in [3.63, 3.8) is 0 Å². The molecule has 0 aliphatic carbocycles. The molecule has 146 valence electrons. The van der Waals surface area contributed by atoms with Crippen LogP contribution < -0.4 is 21.4 Å². The molecule has 0 aliphatic heterocycles. The molecule has 3 aromatic rings. The number of hydrogen-bond acceptors (Lipinski definition) is 7. The number of carbonyl (C=O) groups is 1. The van der Waals surface area contributed by atoms with Crippen LogP contribution in [-0.4, -0.2) is 58.2 Å². The van der Waals surface area contributed by atoms with Gasteiger partial charge in [0.25, 0.3) is 5.91 Å². The number of benzene rings is 2. The van der Waals surface area contributed by atoms with E-state index in [1.807, 2.05) is 19.0 Å². The Morgan fingerprint density at radius 1 is 1.21 bits per heavy atom. The number of nitrogens with one attached hydrogen (secondary N) is 2. The highest BCUT2D eigenvalue weighted by Gasteiger charge is 2.16. The SMILES string of the molecule is CN(C)CCCNC(=O)c1ccc(=O)c2nc3/c(=C\O)c(O)cc(=O)c3[nH]c12. The molecule has 3 rings (SSSR count). The summed E-state index contributed by atoms with van der Waals surface area (Å²) in [7, 11) is 3.87. The number of phenolic OH excluding ortho intramolecular Hbond substituents is 1. The maximum atomic E-state index is 12.6. The van der Waals surface area contributed by atoms with Gasteiger partial charge in [-0.05, 0) is 39.2 Å². The van der Waals surface area contributed by atoms with Gasteiger partial charge in [0.15, 0.2) is 0 Å². The summed E-state index contributed by atoms with van der Waals surface area (Å²) in [4.78, 5) is 46.0. The summed E-state index contributed by atoms with van der Waals surface area (Å²) < 4.78 is 0. The van der Waals surface area contributed by atoms with Gasteiger partial charge >= 0.3 is 0 Å². The van der Waals surface area contributed by atoms with E-state index in [0.717, 1.165) is 19.0 Å². The van der Waals surface area contributed by atoms with Crippen molar-refractivity contribution in [2.24, 2.45) is 0 Å². The van der Waals surface area contributed by atoms with Crippen LogP contribution in [0, 0.1) is 0 Å². The number of aromatic hydroxyl groups is 1. The molecule has 0 saturated heterocycles. The van der Waals surface area contributed by atoms with Crippen LogP contribution in [0.1, 0.15) is 16.8 Å². The molecule has 9 heteroatoms. The molecule has 0 radical (unpaired) electrons. The summed E-state index contributed by atoms with van der Waals surface area (Å²) in [6.45, 7) is 1.26. The zero-order valence-electron chi connectivity index (χ0n) is 15.4. The van der Waals surface area contributed by atoms with Gasteiger partial charge in [-0.3, -0.25) is 14.4 Å². The Kier molecular flexibility index (Phi) is 5.27. The molecule has 2 aromatic carbocycles. The highest BCUT2D eigenvalue weighted by atomic mass is 16.3. The second-order valence-corrected chi connectivity index (χ2v) is 6.64. The summed E-state index contributed by atoms with van der Waals surface area (Å²) in [5.74, 6) is -0.858.